The molecular weight excluding hydrogens is 204 g/mol. The van der Waals surface area contributed by atoms with Crippen molar-refractivity contribution >= 4 is 15.9 Å². The highest BCUT2D eigenvalue weighted by molar-refractivity contribution is 9.10. The van der Waals surface area contributed by atoms with Crippen molar-refractivity contribution < 1.29 is 0 Å². The molecule has 11 heavy (non-hydrogen) atoms. The highest BCUT2D eigenvalue weighted by atomic mass is 79.9. The van der Waals surface area contributed by atoms with Crippen LogP contribution in [-0.2, 0) is 6.54 Å². The molecule has 0 saturated carbocycles. The van der Waals surface area contributed by atoms with Gasteiger partial charge in [-0.15, -0.1) is 0 Å². The first kappa shape index (κ1) is 8.71. The molecule has 0 aliphatic rings. The van der Waals surface area contributed by atoms with Crippen LogP contribution in [-0.4, -0.2) is 0 Å². The lowest BCUT2D eigenvalue weighted by molar-refractivity contribution is 0.738. The van der Waals surface area contributed by atoms with Crippen molar-refractivity contribution in [1.29, 1.82) is 0 Å². The van der Waals surface area contributed by atoms with Crippen LogP contribution in [0.5, 0.6) is 0 Å². The zero-order valence-corrected chi connectivity index (χ0v) is 7.98. The summed E-state index contributed by atoms with van der Waals surface area (Å²) in [6.07, 6.45) is 0. The molecule has 0 heterocycles. The predicted molar refractivity (Wildman–Crippen MR) is 49.9 cm³/mol. The molecule has 1 rings (SSSR count). The average Bonchev–Trinajstić information content (AvgIpc) is 1.99. The maximum atomic E-state index is 5.21. The molecule has 0 aliphatic heterocycles. The molecule has 0 atom stereocenters. The smallest absolute Gasteiger partial charge is 0.0360 e. The number of hydrazine groups is 1. The fraction of sp³-hybridized carbons (Fsp3) is 0.250. The minimum absolute atomic E-state index is 0.697. The Kier molecular flexibility index (Phi) is 3.05. The Morgan fingerprint density at radius 2 is 2.27 bits per heavy atom. The van der Waals surface area contributed by atoms with Crippen molar-refractivity contribution in [1.82, 2.24) is 5.43 Å². The summed E-state index contributed by atoms with van der Waals surface area (Å²) in [5, 5.41) is 0. The summed E-state index contributed by atoms with van der Waals surface area (Å²) < 4.78 is 1.14. The Balaban J connectivity index is 2.96. The SMILES string of the molecule is Cc1cccc(CNN)c1Br. The fourth-order valence-corrected chi connectivity index (χ4v) is 1.36. The molecule has 1 aromatic carbocycles. The summed E-state index contributed by atoms with van der Waals surface area (Å²) in [5.41, 5.74) is 5.04. The molecule has 0 bridgehead atoms. The van der Waals surface area contributed by atoms with Crippen LogP contribution >= 0.6 is 15.9 Å². The van der Waals surface area contributed by atoms with Gasteiger partial charge in [-0.2, -0.15) is 0 Å². The van der Waals surface area contributed by atoms with Crippen LogP contribution in [0.3, 0.4) is 0 Å². The van der Waals surface area contributed by atoms with E-state index in [1.165, 1.54) is 11.1 Å². The van der Waals surface area contributed by atoms with Gasteiger partial charge in [0.15, 0.2) is 0 Å². The van der Waals surface area contributed by atoms with Crippen molar-refractivity contribution in [2.24, 2.45) is 5.84 Å². The van der Waals surface area contributed by atoms with Crippen LogP contribution in [0.4, 0.5) is 0 Å². The summed E-state index contributed by atoms with van der Waals surface area (Å²) in [6.45, 7) is 2.76. The average molecular weight is 215 g/mol. The second-order valence-corrected chi connectivity index (χ2v) is 3.22. The van der Waals surface area contributed by atoms with Gasteiger partial charge in [-0.05, 0) is 18.1 Å². The largest absolute Gasteiger partial charge is 0.271 e. The van der Waals surface area contributed by atoms with Gasteiger partial charge < -0.3 is 0 Å². The molecule has 3 heteroatoms. The third-order valence-electron chi connectivity index (χ3n) is 1.56. The van der Waals surface area contributed by atoms with Gasteiger partial charge in [0, 0.05) is 11.0 Å². The normalized spacial score (nSPS) is 10.1. The first-order valence-electron chi connectivity index (χ1n) is 3.43. The predicted octanol–water partition coefficient (Wildman–Crippen LogP) is 1.72. The van der Waals surface area contributed by atoms with Gasteiger partial charge in [-0.25, -0.2) is 0 Å². The number of aryl methyl sites for hydroxylation is 1. The van der Waals surface area contributed by atoms with E-state index in [1.54, 1.807) is 0 Å². The van der Waals surface area contributed by atoms with E-state index >= 15 is 0 Å². The lowest BCUT2D eigenvalue weighted by Crippen LogP contribution is -2.21. The number of hydrogen-bond donors (Lipinski definition) is 2. The van der Waals surface area contributed by atoms with E-state index in [4.69, 9.17) is 5.84 Å². The Bertz CT molecular complexity index is 248. The van der Waals surface area contributed by atoms with Crippen LogP contribution in [0, 0.1) is 6.92 Å². The molecule has 0 aromatic heterocycles. The van der Waals surface area contributed by atoms with Gasteiger partial charge >= 0.3 is 0 Å². The van der Waals surface area contributed by atoms with Crippen LogP contribution in [0.15, 0.2) is 22.7 Å². The third kappa shape index (κ3) is 2.02. The Hall–Kier alpha value is -0.380. The summed E-state index contributed by atoms with van der Waals surface area (Å²) in [6, 6.07) is 6.12. The van der Waals surface area contributed by atoms with Gasteiger partial charge in [0.1, 0.15) is 0 Å². The Morgan fingerprint density at radius 1 is 1.55 bits per heavy atom. The van der Waals surface area contributed by atoms with Crippen molar-refractivity contribution in [2.45, 2.75) is 13.5 Å². The minimum Gasteiger partial charge on any atom is -0.271 e. The van der Waals surface area contributed by atoms with Gasteiger partial charge in [0.2, 0.25) is 0 Å². The summed E-state index contributed by atoms with van der Waals surface area (Å²) in [5.74, 6) is 5.21. The van der Waals surface area contributed by atoms with Crippen molar-refractivity contribution in [2.75, 3.05) is 0 Å². The molecule has 0 spiro atoms. The number of rotatable bonds is 2. The van der Waals surface area contributed by atoms with Crippen LogP contribution in [0.1, 0.15) is 11.1 Å². The molecule has 60 valence electrons. The number of hydrogen-bond acceptors (Lipinski definition) is 2. The molecule has 0 radical (unpaired) electrons. The van der Waals surface area contributed by atoms with Gasteiger partial charge in [-0.1, -0.05) is 34.1 Å². The van der Waals surface area contributed by atoms with Crippen LogP contribution in [0.2, 0.25) is 0 Å². The first-order valence-corrected chi connectivity index (χ1v) is 4.22. The van der Waals surface area contributed by atoms with Gasteiger partial charge in [0.25, 0.3) is 0 Å². The van der Waals surface area contributed by atoms with Crippen LogP contribution in [0.25, 0.3) is 0 Å². The van der Waals surface area contributed by atoms with Crippen molar-refractivity contribution in [3.63, 3.8) is 0 Å². The Labute approximate surface area is 74.9 Å². The highest BCUT2D eigenvalue weighted by Crippen LogP contribution is 2.20. The standard InChI is InChI=1S/C8H11BrN2/c1-6-3-2-4-7(5-11-10)8(6)9/h2-4,11H,5,10H2,1H3. The fourth-order valence-electron chi connectivity index (χ4n) is 0.955. The maximum absolute atomic E-state index is 5.21. The summed E-state index contributed by atoms with van der Waals surface area (Å²) >= 11 is 3.49. The zero-order valence-electron chi connectivity index (χ0n) is 6.39. The molecule has 0 aliphatic carbocycles. The summed E-state index contributed by atoms with van der Waals surface area (Å²) in [4.78, 5) is 0. The van der Waals surface area contributed by atoms with Crippen molar-refractivity contribution in [3.05, 3.63) is 33.8 Å². The second kappa shape index (κ2) is 3.85. The van der Waals surface area contributed by atoms with Gasteiger partial charge in [0.05, 0.1) is 0 Å². The topological polar surface area (TPSA) is 38.0 Å². The number of nitrogens with one attached hydrogen (secondary N) is 1. The monoisotopic (exact) mass is 214 g/mol. The van der Waals surface area contributed by atoms with E-state index in [0.717, 1.165) is 4.47 Å². The lowest BCUT2D eigenvalue weighted by atomic mass is 10.1. The van der Waals surface area contributed by atoms with E-state index in [1.807, 2.05) is 12.1 Å². The van der Waals surface area contributed by atoms with E-state index in [0.29, 0.717) is 6.54 Å². The Morgan fingerprint density at radius 3 is 2.91 bits per heavy atom. The van der Waals surface area contributed by atoms with Gasteiger partial charge in [-0.3, -0.25) is 11.3 Å². The summed E-state index contributed by atoms with van der Waals surface area (Å²) in [7, 11) is 0. The van der Waals surface area contributed by atoms with E-state index in [-0.39, 0.29) is 0 Å². The molecular formula is C8H11BrN2. The molecule has 2 nitrogen and oxygen atoms in total. The number of halogens is 1. The second-order valence-electron chi connectivity index (χ2n) is 2.43. The zero-order chi connectivity index (χ0) is 8.27. The lowest BCUT2D eigenvalue weighted by Gasteiger charge is -2.04. The van der Waals surface area contributed by atoms with E-state index < -0.39 is 0 Å². The number of benzene rings is 1. The minimum atomic E-state index is 0.697. The van der Waals surface area contributed by atoms with Crippen LogP contribution < -0.4 is 11.3 Å². The molecule has 0 fully saturated rings. The molecule has 3 N–H and O–H groups in total. The van der Waals surface area contributed by atoms with E-state index in [2.05, 4.69) is 34.3 Å². The molecule has 0 saturated heterocycles. The first-order chi connectivity index (χ1) is 5.25. The highest BCUT2D eigenvalue weighted by Gasteiger charge is 1.99. The molecule has 1 aromatic rings. The molecule has 0 amide bonds. The van der Waals surface area contributed by atoms with Crippen molar-refractivity contribution in [3.8, 4) is 0 Å². The number of nitrogens with two attached hydrogens (primary N) is 1. The third-order valence-corrected chi connectivity index (χ3v) is 2.70. The molecule has 0 unspecified atom stereocenters. The van der Waals surface area contributed by atoms with E-state index in [9.17, 15) is 0 Å². The maximum Gasteiger partial charge on any atom is 0.0360 e. The quantitative estimate of drug-likeness (QED) is 0.582.